The number of hydrogen-bond donors (Lipinski definition) is 2. The summed E-state index contributed by atoms with van der Waals surface area (Å²) in [5, 5.41) is 11.2. The molecule has 1 atom stereocenters. The van der Waals surface area contributed by atoms with Gasteiger partial charge in [0, 0.05) is 18.6 Å². The Kier molecular flexibility index (Phi) is 4.88. The zero-order valence-corrected chi connectivity index (χ0v) is 11.5. The van der Waals surface area contributed by atoms with Crippen molar-refractivity contribution in [3.8, 4) is 0 Å². The summed E-state index contributed by atoms with van der Waals surface area (Å²) >= 11 is 0. The maximum atomic E-state index is 12.7. The number of carbonyl (C=O) groups excluding carboxylic acids is 1. The number of rotatable bonds is 3. The predicted molar refractivity (Wildman–Crippen MR) is 65.2 cm³/mol. The van der Waals surface area contributed by atoms with Crippen LogP contribution in [0, 0.1) is 5.92 Å². The highest BCUT2D eigenvalue weighted by atomic mass is 19.4. The largest absolute Gasteiger partial charge is 0.481 e. The van der Waals surface area contributed by atoms with Crippen LogP contribution in [-0.2, 0) is 4.79 Å². The summed E-state index contributed by atoms with van der Waals surface area (Å²) < 4.78 is 38.0. The Labute approximate surface area is 115 Å². The predicted octanol–water partition coefficient (Wildman–Crippen LogP) is 2.22. The van der Waals surface area contributed by atoms with Crippen LogP contribution in [0.2, 0.25) is 0 Å². The Morgan fingerprint density at radius 1 is 1.35 bits per heavy atom. The van der Waals surface area contributed by atoms with Gasteiger partial charge in [-0.25, -0.2) is 4.79 Å². The van der Waals surface area contributed by atoms with Gasteiger partial charge in [-0.15, -0.1) is 0 Å². The van der Waals surface area contributed by atoms with Crippen LogP contribution in [0.15, 0.2) is 0 Å². The zero-order valence-electron chi connectivity index (χ0n) is 11.5. The molecule has 0 aromatic rings. The molecule has 1 heterocycles. The zero-order chi connectivity index (χ0) is 15.6. The number of urea groups is 1. The van der Waals surface area contributed by atoms with Gasteiger partial charge < -0.3 is 15.3 Å². The fourth-order valence-electron chi connectivity index (χ4n) is 2.22. The maximum absolute atomic E-state index is 12.7. The minimum Gasteiger partial charge on any atom is -0.481 e. The number of alkyl halides is 3. The van der Waals surface area contributed by atoms with Crippen molar-refractivity contribution in [2.24, 2.45) is 5.92 Å². The summed E-state index contributed by atoms with van der Waals surface area (Å²) in [5.41, 5.74) is -1.01. The molecule has 1 rings (SSSR count). The molecular weight excluding hydrogens is 277 g/mol. The molecule has 20 heavy (non-hydrogen) atoms. The van der Waals surface area contributed by atoms with Gasteiger partial charge in [-0.1, -0.05) is 0 Å². The van der Waals surface area contributed by atoms with Gasteiger partial charge >= 0.3 is 18.2 Å². The summed E-state index contributed by atoms with van der Waals surface area (Å²) in [5.74, 6) is -2.59. The Balaban J connectivity index is 2.61. The average molecular weight is 296 g/mol. The van der Waals surface area contributed by atoms with Crippen molar-refractivity contribution in [1.29, 1.82) is 0 Å². The highest BCUT2D eigenvalue weighted by Crippen LogP contribution is 2.33. The quantitative estimate of drug-likeness (QED) is 0.839. The lowest BCUT2D eigenvalue weighted by molar-refractivity contribution is -0.184. The fourth-order valence-corrected chi connectivity index (χ4v) is 2.22. The number of amides is 2. The smallest absolute Gasteiger partial charge is 0.393 e. The highest BCUT2D eigenvalue weighted by Gasteiger charge is 2.43. The lowest BCUT2D eigenvalue weighted by Gasteiger charge is -2.36. The number of carbonyl (C=O) groups is 2. The van der Waals surface area contributed by atoms with Crippen molar-refractivity contribution in [3.05, 3.63) is 0 Å². The van der Waals surface area contributed by atoms with Crippen LogP contribution < -0.4 is 5.32 Å². The first-order valence-corrected chi connectivity index (χ1v) is 6.37. The summed E-state index contributed by atoms with van der Waals surface area (Å²) in [6, 6.07) is -0.648. The van der Waals surface area contributed by atoms with Gasteiger partial charge in [-0.05, 0) is 26.7 Å². The van der Waals surface area contributed by atoms with Crippen molar-refractivity contribution in [3.63, 3.8) is 0 Å². The molecule has 1 unspecified atom stereocenters. The molecular formula is C12H19F3N2O3. The molecule has 0 aliphatic carbocycles. The summed E-state index contributed by atoms with van der Waals surface area (Å²) in [4.78, 5) is 23.7. The minimum atomic E-state index is -4.31. The van der Waals surface area contributed by atoms with Crippen LogP contribution >= 0.6 is 0 Å². The van der Waals surface area contributed by atoms with Crippen molar-refractivity contribution < 1.29 is 27.9 Å². The third kappa shape index (κ3) is 4.90. The van der Waals surface area contributed by atoms with Crippen molar-refractivity contribution in [2.75, 3.05) is 13.1 Å². The van der Waals surface area contributed by atoms with E-state index in [0.717, 1.165) is 4.90 Å². The van der Waals surface area contributed by atoms with Gasteiger partial charge in [0.1, 0.15) is 0 Å². The first-order valence-electron chi connectivity index (χ1n) is 6.37. The Morgan fingerprint density at radius 2 is 1.95 bits per heavy atom. The molecule has 0 spiro atoms. The first kappa shape index (κ1) is 16.6. The van der Waals surface area contributed by atoms with Crippen LogP contribution in [0.1, 0.15) is 33.1 Å². The van der Waals surface area contributed by atoms with E-state index in [4.69, 9.17) is 5.11 Å². The normalized spacial score (nSPS) is 20.6. The van der Waals surface area contributed by atoms with Crippen LogP contribution in [0.25, 0.3) is 0 Å². The molecule has 5 nitrogen and oxygen atoms in total. The standard InChI is InChI=1S/C12H19F3N2O3/c1-11(2,6-9(18)19)16-10(20)17-5-3-4-8(7-17)12(13,14)15/h8H,3-7H2,1-2H3,(H,16,20)(H,18,19). The molecule has 0 radical (unpaired) electrons. The lowest BCUT2D eigenvalue weighted by atomic mass is 9.97. The number of carboxylic acids is 1. The molecule has 1 fully saturated rings. The summed E-state index contributed by atoms with van der Waals surface area (Å²) in [7, 11) is 0. The van der Waals surface area contributed by atoms with Crippen LogP contribution in [0.3, 0.4) is 0 Å². The molecule has 0 aromatic heterocycles. The molecule has 0 saturated carbocycles. The van der Waals surface area contributed by atoms with E-state index >= 15 is 0 Å². The van der Waals surface area contributed by atoms with E-state index in [9.17, 15) is 22.8 Å². The van der Waals surface area contributed by atoms with Gasteiger partial charge in [-0.3, -0.25) is 4.79 Å². The molecule has 2 amide bonds. The fraction of sp³-hybridized carbons (Fsp3) is 0.833. The second-order valence-electron chi connectivity index (χ2n) is 5.71. The van der Waals surface area contributed by atoms with Crippen LogP contribution in [-0.4, -0.2) is 46.8 Å². The molecule has 1 saturated heterocycles. The molecule has 1 aliphatic rings. The van der Waals surface area contributed by atoms with E-state index in [0.29, 0.717) is 0 Å². The van der Waals surface area contributed by atoms with Gasteiger partial charge in [-0.2, -0.15) is 13.2 Å². The number of nitrogens with zero attached hydrogens (tertiary/aromatic N) is 1. The monoisotopic (exact) mass is 296 g/mol. The van der Waals surface area contributed by atoms with Gasteiger partial charge in [0.25, 0.3) is 0 Å². The number of carboxylic acid groups (broad SMARTS) is 1. The summed E-state index contributed by atoms with van der Waals surface area (Å²) in [6.07, 6.45) is -4.30. The maximum Gasteiger partial charge on any atom is 0.393 e. The second-order valence-corrected chi connectivity index (χ2v) is 5.71. The summed E-state index contributed by atoms with van der Waals surface area (Å²) in [6.45, 7) is 2.91. The van der Waals surface area contributed by atoms with E-state index in [-0.39, 0.29) is 32.4 Å². The van der Waals surface area contributed by atoms with Gasteiger partial charge in [0.2, 0.25) is 0 Å². The average Bonchev–Trinajstić information content (AvgIpc) is 2.25. The van der Waals surface area contributed by atoms with Crippen LogP contribution in [0.5, 0.6) is 0 Å². The molecule has 2 N–H and O–H groups in total. The third-order valence-corrected chi connectivity index (χ3v) is 3.21. The number of aliphatic carboxylic acids is 1. The van der Waals surface area contributed by atoms with Crippen molar-refractivity contribution in [1.82, 2.24) is 10.2 Å². The van der Waals surface area contributed by atoms with Gasteiger partial charge in [0.05, 0.1) is 12.3 Å². The third-order valence-electron chi connectivity index (χ3n) is 3.21. The second kappa shape index (κ2) is 5.88. The number of likely N-dealkylation sites (tertiary alicyclic amines) is 1. The van der Waals surface area contributed by atoms with Gasteiger partial charge in [0.15, 0.2) is 0 Å². The molecule has 0 bridgehead atoms. The van der Waals surface area contributed by atoms with E-state index in [1.54, 1.807) is 0 Å². The molecule has 1 aliphatic heterocycles. The topological polar surface area (TPSA) is 69.6 Å². The van der Waals surface area contributed by atoms with Crippen molar-refractivity contribution >= 4 is 12.0 Å². The minimum absolute atomic E-state index is 0.0196. The van der Waals surface area contributed by atoms with E-state index in [2.05, 4.69) is 5.32 Å². The lowest BCUT2D eigenvalue weighted by Crippen LogP contribution is -2.54. The SMILES string of the molecule is CC(C)(CC(=O)O)NC(=O)N1CCCC(C(F)(F)F)C1. The van der Waals surface area contributed by atoms with Crippen molar-refractivity contribution in [2.45, 2.75) is 44.8 Å². The molecule has 0 aromatic carbocycles. The highest BCUT2D eigenvalue weighted by molar-refractivity contribution is 5.76. The Hall–Kier alpha value is -1.47. The number of piperidine rings is 1. The Bertz CT molecular complexity index is 383. The number of halogens is 3. The molecule has 116 valence electrons. The number of nitrogens with one attached hydrogen (secondary N) is 1. The first-order chi connectivity index (χ1) is 9.01. The van der Waals surface area contributed by atoms with E-state index < -0.39 is 29.6 Å². The van der Waals surface area contributed by atoms with E-state index in [1.807, 2.05) is 0 Å². The van der Waals surface area contributed by atoms with Crippen LogP contribution in [0.4, 0.5) is 18.0 Å². The number of hydrogen-bond acceptors (Lipinski definition) is 2. The Morgan fingerprint density at radius 3 is 2.45 bits per heavy atom. The molecule has 8 heteroatoms. The van der Waals surface area contributed by atoms with E-state index in [1.165, 1.54) is 13.8 Å².